The van der Waals surface area contributed by atoms with Gasteiger partial charge >= 0.3 is 0 Å². The Morgan fingerprint density at radius 2 is 2.05 bits per heavy atom. The minimum Gasteiger partial charge on any atom is -0.497 e. The molecule has 1 aromatic carbocycles. The standard InChI is InChI=1S/C18H22N2O/c1-13(14-8-10-16(21-2)11-9-14)20-17-7-3-5-15-6-4-12-19-18(15)17/h4,6,8-13,17,20H,3,5,7H2,1-2H3/t13-,17+/m0/s1. The van der Waals surface area contributed by atoms with E-state index in [2.05, 4.69) is 35.4 Å². The molecule has 0 radical (unpaired) electrons. The first-order valence-electron chi connectivity index (χ1n) is 7.61. The zero-order valence-electron chi connectivity index (χ0n) is 12.7. The van der Waals surface area contributed by atoms with Crippen molar-refractivity contribution >= 4 is 0 Å². The van der Waals surface area contributed by atoms with Crippen LogP contribution in [0.4, 0.5) is 0 Å². The minimum atomic E-state index is 0.300. The molecule has 0 saturated heterocycles. The number of methoxy groups -OCH3 is 1. The third kappa shape index (κ3) is 3.08. The molecule has 3 rings (SSSR count). The maximum atomic E-state index is 5.21. The second kappa shape index (κ2) is 6.27. The van der Waals surface area contributed by atoms with E-state index in [0.29, 0.717) is 12.1 Å². The zero-order chi connectivity index (χ0) is 14.7. The van der Waals surface area contributed by atoms with Gasteiger partial charge in [-0.25, -0.2) is 0 Å². The van der Waals surface area contributed by atoms with Crippen LogP contribution in [0.1, 0.15) is 48.7 Å². The molecule has 3 heteroatoms. The minimum absolute atomic E-state index is 0.300. The van der Waals surface area contributed by atoms with Crippen LogP contribution in [-0.2, 0) is 6.42 Å². The third-order valence-electron chi connectivity index (χ3n) is 4.26. The van der Waals surface area contributed by atoms with Crippen molar-refractivity contribution < 1.29 is 4.74 Å². The first-order valence-corrected chi connectivity index (χ1v) is 7.61. The van der Waals surface area contributed by atoms with Gasteiger partial charge in [0, 0.05) is 12.2 Å². The quantitative estimate of drug-likeness (QED) is 0.925. The van der Waals surface area contributed by atoms with Gasteiger partial charge in [0.1, 0.15) is 5.75 Å². The van der Waals surface area contributed by atoms with Crippen molar-refractivity contribution in [3.8, 4) is 5.75 Å². The SMILES string of the molecule is COc1ccc([C@H](C)N[C@@H]2CCCc3cccnc32)cc1. The molecule has 110 valence electrons. The van der Waals surface area contributed by atoms with E-state index in [4.69, 9.17) is 4.74 Å². The van der Waals surface area contributed by atoms with Crippen LogP contribution in [0.2, 0.25) is 0 Å². The molecule has 0 unspecified atom stereocenters. The van der Waals surface area contributed by atoms with Crippen LogP contribution in [-0.4, -0.2) is 12.1 Å². The predicted octanol–water partition coefficient (Wildman–Crippen LogP) is 3.82. The van der Waals surface area contributed by atoms with Crippen LogP contribution in [0.5, 0.6) is 5.75 Å². The Labute approximate surface area is 126 Å². The van der Waals surface area contributed by atoms with Crippen LogP contribution < -0.4 is 10.1 Å². The van der Waals surface area contributed by atoms with Gasteiger partial charge in [-0.15, -0.1) is 0 Å². The number of aromatic nitrogens is 1. The highest BCUT2D eigenvalue weighted by Crippen LogP contribution is 2.30. The van der Waals surface area contributed by atoms with E-state index < -0.39 is 0 Å². The summed E-state index contributed by atoms with van der Waals surface area (Å²) < 4.78 is 5.21. The van der Waals surface area contributed by atoms with Gasteiger partial charge in [0.05, 0.1) is 18.8 Å². The molecule has 0 aliphatic heterocycles. The molecule has 1 aliphatic rings. The zero-order valence-corrected chi connectivity index (χ0v) is 12.7. The summed E-state index contributed by atoms with van der Waals surface area (Å²) in [4.78, 5) is 4.59. The molecule has 3 nitrogen and oxygen atoms in total. The molecule has 0 fully saturated rings. The van der Waals surface area contributed by atoms with E-state index >= 15 is 0 Å². The summed E-state index contributed by atoms with van der Waals surface area (Å²) in [6, 6.07) is 13.2. The fourth-order valence-electron chi connectivity index (χ4n) is 3.06. The Morgan fingerprint density at radius 1 is 1.24 bits per heavy atom. The summed E-state index contributed by atoms with van der Waals surface area (Å²) >= 11 is 0. The summed E-state index contributed by atoms with van der Waals surface area (Å²) in [6.07, 6.45) is 5.44. The molecule has 0 bridgehead atoms. The maximum absolute atomic E-state index is 5.21. The van der Waals surface area contributed by atoms with Gasteiger partial charge in [-0.2, -0.15) is 0 Å². The highest BCUT2D eigenvalue weighted by molar-refractivity contribution is 5.30. The van der Waals surface area contributed by atoms with Crippen molar-refractivity contribution in [2.45, 2.75) is 38.3 Å². The Balaban J connectivity index is 1.74. The third-order valence-corrected chi connectivity index (χ3v) is 4.26. The van der Waals surface area contributed by atoms with Crippen molar-refractivity contribution in [3.05, 3.63) is 59.4 Å². The van der Waals surface area contributed by atoms with Crippen LogP contribution in [0.3, 0.4) is 0 Å². The average Bonchev–Trinajstić information content (AvgIpc) is 2.55. The number of aryl methyl sites for hydroxylation is 1. The summed E-state index contributed by atoms with van der Waals surface area (Å²) in [5.41, 5.74) is 3.89. The summed E-state index contributed by atoms with van der Waals surface area (Å²) in [5, 5.41) is 3.73. The Bertz CT molecular complexity index is 594. The second-order valence-corrected chi connectivity index (χ2v) is 5.65. The predicted molar refractivity (Wildman–Crippen MR) is 84.5 cm³/mol. The Morgan fingerprint density at radius 3 is 2.81 bits per heavy atom. The topological polar surface area (TPSA) is 34.1 Å². The van der Waals surface area contributed by atoms with Crippen molar-refractivity contribution in [1.82, 2.24) is 10.3 Å². The van der Waals surface area contributed by atoms with Gasteiger partial charge in [-0.05, 0) is 55.5 Å². The first kappa shape index (κ1) is 14.1. The van der Waals surface area contributed by atoms with E-state index in [1.807, 2.05) is 24.4 Å². The number of rotatable bonds is 4. The number of nitrogens with one attached hydrogen (secondary N) is 1. The van der Waals surface area contributed by atoms with Crippen molar-refractivity contribution in [2.75, 3.05) is 7.11 Å². The maximum Gasteiger partial charge on any atom is 0.118 e. The van der Waals surface area contributed by atoms with E-state index in [1.54, 1.807) is 7.11 Å². The second-order valence-electron chi connectivity index (χ2n) is 5.65. The molecule has 0 amide bonds. The van der Waals surface area contributed by atoms with E-state index in [9.17, 15) is 0 Å². The lowest BCUT2D eigenvalue weighted by Crippen LogP contribution is -2.28. The van der Waals surface area contributed by atoms with Crippen LogP contribution in [0.15, 0.2) is 42.6 Å². The van der Waals surface area contributed by atoms with E-state index in [1.165, 1.54) is 23.2 Å². The molecule has 21 heavy (non-hydrogen) atoms. The molecule has 2 aromatic rings. The lowest BCUT2D eigenvalue weighted by Gasteiger charge is -2.28. The molecule has 0 spiro atoms. The summed E-state index contributed by atoms with van der Waals surface area (Å²) in [5.74, 6) is 0.899. The highest BCUT2D eigenvalue weighted by atomic mass is 16.5. The van der Waals surface area contributed by atoms with Crippen LogP contribution >= 0.6 is 0 Å². The van der Waals surface area contributed by atoms with E-state index in [-0.39, 0.29) is 0 Å². The number of benzene rings is 1. The largest absolute Gasteiger partial charge is 0.497 e. The molecule has 2 atom stereocenters. The lowest BCUT2D eigenvalue weighted by molar-refractivity contribution is 0.403. The molecule has 1 heterocycles. The number of hydrogen-bond donors (Lipinski definition) is 1. The molecular weight excluding hydrogens is 260 g/mol. The van der Waals surface area contributed by atoms with Gasteiger partial charge in [-0.1, -0.05) is 18.2 Å². The number of pyridine rings is 1. The highest BCUT2D eigenvalue weighted by Gasteiger charge is 2.22. The van der Waals surface area contributed by atoms with Crippen molar-refractivity contribution in [2.24, 2.45) is 0 Å². The fourth-order valence-corrected chi connectivity index (χ4v) is 3.06. The number of nitrogens with zero attached hydrogens (tertiary/aromatic N) is 1. The van der Waals surface area contributed by atoms with E-state index in [0.717, 1.165) is 18.6 Å². The fraction of sp³-hybridized carbons (Fsp3) is 0.389. The van der Waals surface area contributed by atoms with Gasteiger partial charge in [-0.3, -0.25) is 4.98 Å². The van der Waals surface area contributed by atoms with Gasteiger partial charge in [0.2, 0.25) is 0 Å². The molecule has 1 N–H and O–H groups in total. The van der Waals surface area contributed by atoms with Crippen LogP contribution in [0, 0.1) is 0 Å². The molecular formula is C18H22N2O. The van der Waals surface area contributed by atoms with Gasteiger partial charge < -0.3 is 10.1 Å². The van der Waals surface area contributed by atoms with Gasteiger partial charge in [0.15, 0.2) is 0 Å². The van der Waals surface area contributed by atoms with Crippen molar-refractivity contribution in [3.63, 3.8) is 0 Å². The summed E-state index contributed by atoms with van der Waals surface area (Å²) in [7, 11) is 1.70. The smallest absolute Gasteiger partial charge is 0.118 e. The number of fused-ring (bicyclic) bond motifs is 1. The monoisotopic (exact) mass is 282 g/mol. The number of hydrogen-bond acceptors (Lipinski definition) is 3. The molecule has 0 saturated carbocycles. The van der Waals surface area contributed by atoms with Crippen LogP contribution in [0.25, 0.3) is 0 Å². The Hall–Kier alpha value is -1.87. The van der Waals surface area contributed by atoms with Crippen molar-refractivity contribution in [1.29, 1.82) is 0 Å². The summed E-state index contributed by atoms with van der Waals surface area (Å²) in [6.45, 7) is 2.21. The average molecular weight is 282 g/mol. The number of ether oxygens (including phenoxy) is 1. The van der Waals surface area contributed by atoms with Gasteiger partial charge in [0.25, 0.3) is 0 Å². The Kier molecular flexibility index (Phi) is 4.20. The lowest BCUT2D eigenvalue weighted by atomic mass is 9.91. The normalized spacial score (nSPS) is 18.9. The first-order chi connectivity index (χ1) is 10.3. The molecule has 1 aromatic heterocycles. The molecule has 1 aliphatic carbocycles.